The maximum atomic E-state index is 12.8. The van der Waals surface area contributed by atoms with Crippen molar-refractivity contribution in [1.82, 2.24) is 9.97 Å². The number of hydrogen-bond donors (Lipinski definition) is 1. The number of nitrogens with one attached hydrogen (secondary N) is 1. The third-order valence-electron chi connectivity index (χ3n) is 4.66. The second-order valence-electron chi connectivity index (χ2n) is 6.26. The molecule has 2 aromatic carbocycles. The highest BCUT2D eigenvalue weighted by molar-refractivity contribution is 6.05. The average Bonchev–Trinajstić information content (AvgIpc) is 3.12. The Hall–Kier alpha value is -3.21. The van der Waals surface area contributed by atoms with Crippen LogP contribution in [-0.2, 0) is 12.8 Å². The molecule has 130 valence electrons. The molecule has 2 heterocycles. The van der Waals surface area contributed by atoms with Crippen molar-refractivity contribution in [3.05, 3.63) is 77.7 Å². The van der Waals surface area contributed by atoms with E-state index in [-0.39, 0.29) is 5.91 Å². The summed E-state index contributed by atoms with van der Waals surface area (Å²) in [5.74, 6) is 0.521. The zero-order chi connectivity index (χ0) is 17.9. The molecule has 0 unspecified atom stereocenters. The Labute approximate surface area is 152 Å². The first-order valence-electron chi connectivity index (χ1n) is 8.83. The van der Waals surface area contributed by atoms with Crippen molar-refractivity contribution in [2.75, 3.05) is 16.8 Å². The van der Waals surface area contributed by atoms with Crippen LogP contribution in [0.3, 0.4) is 0 Å². The minimum atomic E-state index is -0.108. The van der Waals surface area contributed by atoms with E-state index in [2.05, 4.69) is 34.3 Å². The lowest BCUT2D eigenvalue weighted by Gasteiger charge is -2.16. The predicted octanol–water partition coefficient (Wildman–Crippen LogP) is 3.99. The minimum absolute atomic E-state index is 0.108. The number of aromatic nitrogens is 2. The molecular formula is C21H20N4O. The molecule has 0 aliphatic carbocycles. The molecule has 0 spiro atoms. The lowest BCUT2D eigenvalue weighted by atomic mass is 10.1. The summed E-state index contributed by atoms with van der Waals surface area (Å²) < 4.78 is 0. The quantitative estimate of drug-likeness (QED) is 0.777. The first kappa shape index (κ1) is 16.3. The maximum absolute atomic E-state index is 12.8. The number of hydrogen-bond acceptors (Lipinski definition) is 4. The van der Waals surface area contributed by atoms with E-state index in [4.69, 9.17) is 0 Å². The molecule has 1 N–H and O–H groups in total. The lowest BCUT2D eigenvalue weighted by molar-refractivity contribution is 0.0984. The summed E-state index contributed by atoms with van der Waals surface area (Å²) in [6.45, 7) is 2.80. The van der Waals surface area contributed by atoms with Crippen LogP contribution in [0.2, 0.25) is 0 Å². The molecule has 3 aromatic rings. The van der Waals surface area contributed by atoms with E-state index in [0.717, 1.165) is 24.2 Å². The topological polar surface area (TPSA) is 58.1 Å². The van der Waals surface area contributed by atoms with Crippen molar-refractivity contribution in [2.45, 2.75) is 19.8 Å². The van der Waals surface area contributed by atoms with Crippen LogP contribution in [0, 0.1) is 0 Å². The van der Waals surface area contributed by atoms with Gasteiger partial charge in [-0.05, 0) is 36.1 Å². The van der Waals surface area contributed by atoms with Gasteiger partial charge in [0.2, 0.25) is 0 Å². The summed E-state index contributed by atoms with van der Waals surface area (Å²) in [7, 11) is 0. The first-order valence-corrected chi connectivity index (χ1v) is 8.83. The maximum Gasteiger partial charge on any atom is 0.278 e. The molecule has 0 saturated carbocycles. The van der Waals surface area contributed by atoms with Gasteiger partial charge in [-0.1, -0.05) is 43.3 Å². The molecule has 1 aromatic heterocycles. The van der Waals surface area contributed by atoms with Gasteiger partial charge >= 0.3 is 0 Å². The van der Waals surface area contributed by atoms with Crippen molar-refractivity contribution < 1.29 is 4.79 Å². The van der Waals surface area contributed by atoms with Gasteiger partial charge in [0.1, 0.15) is 11.5 Å². The van der Waals surface area contributed by atoms with E-state index in [1.54, 1.807) is 17.3 Å². The molecular weight excluding hydrogens is 324 g/mol. The number of rotatable bonds is 4. The highest BCUT2D eigenvalue weighted by Crippen LogP contribution is 2.28. The van der Waals surface area contributed by atoms with Crippen LogP contribution in [0.1, 0.15) is 28.5 Å². The molecule has 5 nitrogen and oxygen atoms in total. The summed E-state index contributed by atoms with van der Waals surface area (Å²) in [6.07, 6.45) is 4.96. The normalized spacial score (nSPS) is 12.7. The molecule has 4 rings (SSSR count). The number of nitrogens with zero attached hydrogens (tertiary/aromatic N) is 3. The number of amides is 1. The van der Waals surface area contributed by atoms with E-state index in [1.165, 1.54) is 11.1 Å². The van der Waals surface area contributed by atoms with Gasteiger partial charge in [0, 0.05) is 17.9 Å². The Morgan fingerprint density at radius 2 is 1.88 bits per heavy atom. The fraction of sp³-hybridized carbons (Fsp3) is 0.190. The van der Waals surface area contributed by atoms with Crippen molar-refractivity contribution in [1.29, 1.82) is 0 Å². The Kier molecular flexibility index (Phi) is 4.35. The third kappa shape index (κ3) is 3.04. The van der Waals surface area contributed by atoms with Gasteiger partial charge in [0.05, 0.1) is 12.4 Å². The van der Waals surface area contributed by atoms with E-state index >= 15 is 0 Å². The van der Waals surface area contributed by atoms with Gasteiger partial charge in [-0.3, -0.25) is 4.79 Å². The zero-order valence-corrected chi connectivity index (χ0v) is 14.6. The number of aryl methyl sites for hydroxylation is 1. The molecule has 0 radical (unpaired) electrons. The molecule has 26 heavy (non-hydrogen) atoms. The smallest absolute Gasteiger partial charge is 0.278 e. The van der Waals surface area contributed by atoms with Crippen LogP contribution >= 0.6 is 0 Å². The molecule has 0 atom stereocenters. The van der Waals surface area contributed by atoms with Crippen LogP contribution in [0.5, 0.6) is 0 Å². The van der Waals surface area contributed by atoms with Crippen molar-refractivity contribution in [2.24, 2.45) is 0 Å². The molecule has 0 saturated heterocycles. The number of carbonyl (C=O) groups is 1. The van der Waals surface area contributed by atoms with E-state index < -0.39 is 0 Å². The van der Waals surface area contributed by atoms with Crippen LogP contribution in [-0.4, -0.2) is 22.4 Å². The van der Waals surface area contributed by atoms with E-state index in [9.17, 15) is 4.79 Å². The molecule has 1 amide bonds. The first-order chi connectivity index (χ1) is 12.8. The monoisotopic (exact) mass is 344 g/mol. The molecule has 0 bridgehead atoms. The van der Waals surface area contributed by atoms with Gasteiger partial charge in [-0.2, -0.15) is 0 Å². The Bertz CT molecular complexity index is 937. The van der Waals surface area contributed by atoms with E-state index in [0.29, 0.717) is 18.1 Å². The third-order valence-corrected chi connectivity index (χ3v) is 4.66. The standard InChI is InChI=1S/C21H20N4O/c1-2-15-7-3-5-9-17(15)24-20-14-22-18(13-23-20)21(26)25-12-11-16-8-4-6-10-19(16)25/h3-10,13-14H,2,11-12H2,1H3,(H,23,24). The summed E-state index contributed by atoms with van der Waals surface area (Å²) in [5, 5.41) is 3.28. The van der Waals surface area contributed by atoms with Crippen LogP contribution in [0.4, 0.5) is 17.2 Å². The Morgan fingerprint density at radius 3 is 2.69 bits per heavy atom. The highest BCUT2D eigenvalue weighted by atomic mass is 16.2. The molecule has 1 aliphatic heterocycles. The summed E-state index contributed by atoms with van der Waals surface area (Å²) in [4.78, 5) is 23.3. The van der Waals surface area contributed by atoms with Crippen molar-refractivity contribution in [3.63, 3.8) is 0 Å². The number of carbonyl (C=O) groups excluding carboxylic acids is 1. The molecule has 1 aliphatic rings. The number of para-hydroxylation sites is 2. The van der Waals surface area contributed by atoms with Gasteiger partial charge in [-0.25, -0.2) is 9.97 Å². The number of fused-ring (bicyclic) bond motifs is 1. The summed E-state index contributed by atoms with van der Waals surface area (Å²) >= 11 is 0. The van der Waals surface area contributed by atoms with Crippen molar-refractivity contribution in [3.8, 4) is 0 Å². The second kappa shape index (κ2) is 6.96. The fourth-order valence-electron chi connectivity index (χ4n) is 3.28. The summed E-state index contributed by atoms with van der Waals surface area (Å²) in [5.41, 5.74) is 4.75. The second-order valence-corrected chi connectivity index (χ2v) is 6.26. The number of benzene rings is 2. The summed E-state index contributed by atoms with van der Waals surface area (Å²) in [6, 6.07) is 16.1. The van der Waals surface area contributed by atoms with Gasteiger partial charge in [-0.15, -0.1) is 0 Å². The number of anilines is 3. The predicted molar refractivity (Wildman–Crippen MR) is 103 cm³/mol. The fourth-order valence-corrected chi connectivity index (χ4v) is 3.28. The molecule has 0 fully saturated rings. The highest BCUT2D eigenvalue weighted by Gasteiger charge is 2.26. The van der Waals surface area contributed by atoms with Gasteiger partial charge in [0.25, 0.3) is 5.91 Å². The Morgan fingerprint density at radius 1 is 1.08 bits per heavy atom. The molecule has 5 heteroatoms. The van der Waals surface area contributed by atoms with Crippen LogP contribution in [0.25, 0.3) is 0 Å². The SMILES string of the molecule is CCc1ccccc1Nc1cnc(C(=O)N2CCc3ccccc32)cn1. The minimum Gasteiger partial charge on any atom is -0.339 e. The van der Waals surface area contributed by atoms with Gasteiger partial charge < -0.3 is 10.2 Å². The largest absolute Gasteiger partial charge is 0.339 e. The average molecular weight is 344 g/mol. The van der Waals surface area contributed by atoms with E-state index in [1.807, 2.05) is 36.4 Å². The van der Waals surface area contributed by atoms with Crippen molar-refractivity contribution >= 4 is 23.1 Å². The lowest BCUT2D eigenvalue weighted by Crippen LogP contribution is -2.29. The van der Waals surface area contributed by atoms with Crippen LogP contribution in [0.15, 0.2) is 60.9 Å². The van der Waals surface area contributed by atoms with Crippen LogP contribution < -0.4 is 10.2 Å². The Balaban J connectivity index is 1.52. The van der Waals surface area contributed by atoms with Gasteiger partial charge in [0.15, 0.2) is 0 Å². The zero-order valence-electron chi connectivity index (χ0n) is 14.6.